The van der Waals surface area contributed by atoms with Crippen LogP contribution in [0, 0.1) is 0 Å². The normalized spacial score (nSPS) is 17.4. The first kappa shape index (κ1) is 5.38. The molecule has 0 radical (unpaired) electrons. The molecule has 44 valence electrons. The number of hydrogen-bond acceptors (Lipinski definition) is 2. The van der Waals surface area contributed by atoms with Crippen molar-refractivity contribution in [2.45, 2.75) is 0 Å². The summed E-state index contributed by atoms with van der Waals surface area (Å²) < 4.78 is 0. The van der Waals surface area contributed by atoms with Crippen molar-refractivity contribution < 1.29 is 4.84 Å². The molecule has 1 aliphatic heterocycles. The second kappa shape index (κ2) is 2.52. The number of rotatable bonds is 1. The van der Waals surface area contributed by atoms with Gasteiger partial charge in [0, 0.05) is 6.20 Å². The Morgan fingerprint density at radius 1 is 1.50 bits per heavy atom. The second-order valence-electron chi connectivity index (χ2n) is 1.55. The fourth-order valence-corrected chi connectivity index (χ4v) is 0.585. The van der Waals surface area contributed by atoms with E-state index in [0.717, 1.165) is 6.54 Å². The Bertz CT molecular complexity index is 118. The van der Waals surface area contributed by atoms with Gasteiger partial charge in [-0.2, -0.15) is 0 Å². The molecule has 1 heterocycles. The Hall–Kier alpha value is -0.760. The van der Waals surface area contributed by atoms with Crippen molar-refractivity contribution >= 4 is 0 Å². The van der Waals surface area contributed by atoms with Gasteiger partial charge in [0.1, 0.15) is 0 Å². The van der Waals surface area contributed by atoms with E-state index in [9.17, 15) is 0 Å². The van der Waals surface area contributed by atoms with E-state index in [1.54, 1.807) is 12.2 Å². The molecule has 0 saturated heterocycles. The maximum atomic E-state index is 4.89. The average Bonchev–Trinajstić information content (AvgIpc) is 1.90. The Kier molecular flexibility index (Phi) is 1.70. The van der Waals surface area contributed by atoms with Crippen LogP contribution in [0.2, 0.25) is 0 Å². The van der Waals surface area contributed by atoms with Gasteiger partial charge in [-0.05, 0) is 6.08 Å². The standard InChI is InChI=1S/C6H9NO/c1-8-7-5-3-2-4-6-7/h2-5H,6H2,1H3. The molecule has 0 bridgehead atoms. The third kappa shape index (κ3) is 1.10. The lowest BCUT2D eigenvalue weighted by molar-refractivity contribution is -0.0790. The highest BCUT2D eigenvalue weighted by atomic mass is 16.7. The zero-order valence-corrected chi connectivity index (χ0v) is 4.87. The van der Waals surface area contributed by atoms with Crippen molar-refractivity contribution in [1.82, 2.24) is 5.06 Å². The van der Waals surface area contributed by atoms with E-state index in [1.165, 1.54) is 0 Å². The number of hydrogen-bond donors (Lipinski definition) is 0. The first-order chi connectivity index (χ1) is 3.93. The first-order valence-electron chi connectivity index (χ1n) is 2.57. The van der Waals surface area contributed by atoms with E-state index in [2.05, 4.69) is 0 Å². The van der Waals surface area contributed by atoms with Gasteiger partial charge in [-0.3, -0.25) is 9.90 Å². The van der Waals surface area contributed by atoms with E-state index in [0.29, 0.717) is 0 Å². The molecule has 0 amide bonds. The summed E-state index contributed by atoms with van der Waals surface area (Å²) in [4.78, 5) is 4.89. The molecule has 0 aromatic rings. The second-order valence-corrected chi connectivity index (χ2v) is 1.55. The van der Waals surface area contributed by atoms with Crippen LogP contribution in [-0.4, -0.2) is 18.7 Å². The van der Waals surface area contributed by atoms with Crippen LogP contribution in [0.5, 0.6) is 0 Å². The van der Waals surface area contributed by atoms with Crippen molar-refractivity contribution in [3.05, 3.63) is 24.4 Å². The van der Waals surface area contributed by atoms with Gasteiger partial charge in [0.15, 0.2) is 0 Å². The van der Waals surface area contributed by atoms with Crippen LogP contribution in [0.1, 0.15) is 0 Å². The molecule has 0 spiro atoms. The maximum absolute atomic E-state index is 4.89. The average molecular weight is 111 g/mol. The van der Waals surface area contributed by atoms with Gasteiger partial charge in [0.05, 0.1) is 13.7 Å². The quantitative estimate of drug-likeness (QED) is 0.499. The van der Waals surface area contributed by atoms with Crippen LogP contribution >= 0.6 is 0 Å². The lowest BCUT2D eigenvalue weighted by atomic mass is 10.4. The summed E-state index contributed by atoms with van der Waals surface area (Å²) in [6.07, 6.45) is 7.85. The predicted octanol–water partition coefficient (Wildman–Crippen LogP) is 0.933. The summed E-state index contributed by atoms with van der Waals surface area (Å²) in [5.74, 6) is 0. The maximum Gasteiger partial charge on any atom is 0.0638 e. The van der Waals surface area contributed by atoms with Gasteiger partial charge in [-0.15, -0.1) is 0 Å². The van der Waals surface area contributed by atoms with Gasteiger partial charge in [0.2, 0.25) is 0 Å². The van der Waals surface area contributed by atoms with Gasteiger partial charge in [-0.1, -0.05) is 12.2 Å². The minimum absolute atomic E-state index is 0.854. The molecule has 0 unspecified atom stereocenters. The van der Waals surface area contributed by atoms with Crippen molar-refractivity contribution in [1.29, 1.82) is 0 Å². The fraction of sp³-hybridized carbons (Fsp3) is 0.333. The lowest BCUT2D eigenvalue weighted by Gasteiger charge is -2.15. The molecule has 0 fully saturated rings. The predicted molar refractivity (Wildman–Crippen MR) is 32.0 cm³/mol. The van der Waals surface area contributed by atoms with Crippen molar-refractivity contribution in [3.63, 3.8) is 0 Å². The molecule has 1 rings (SSSR count). The molecular weight excluding hydrogens is 102 g/mol. The van der Waals surface area contributed by atoms with Crippen LogP contribution < -0.4 is 0 Å². The number of hydroxylamine groups is 2. The topological polar surface area (TPSA) is 12.5 Å². The highest BCUT2D eigenvalue weighted by molar-refractivity contribution is 5.06. The minimum atomic E-state index is 0.854. The molecule has 2 nitrogen and oxygen atoms in total. The highest BCUT2D eigenvalue weighted by Gasteiger charge is 1.92. The minimum Gasteiger partial charge on any atom is -0.277 e. The zero-order valence-electron chi connectivity index (χ0n) is 4.87. The Balaban J connectivity index is 2.40. The zero-order chi connectivity index (χ0) is 5.82. The molecule has 0 N–H and O–H groups in total. The fourth-order valence-electron chi connectivity index (χ4n) is 0.585. The van der Waals surface area contributed by atoms with Crippen LogP contribution in [0.15, 0.2) is 24.4 Å². The Morgan fingerprint density at radius 3 is 2.75 bits per heavy atom. The van der Waals surface area contributed by atoms with Crippen molar-refractivity contribution in [3.8, 4) is 0 Å². The molecule has 0 aliphatic carbocycles. The van der Waals surface area contributed by atoms with E-state index in [1.807, 2.05) is 24.4 Å². The summed E-state index contributed by atoms with van der Waals surface area (Å²) in [7, 11) is 1.66. The SMILES string of the molecule is CON1C=CC=CC1. The third-order valence-corrected chi connectivity index (χ3v) is 1.02. The third-order valence-electron chi connectivity index (χ3n) is 1.02. The molecular formula is C6H9NO. The van der Waals surface area contributed by atoms with E-state index < -0.39 is 0 Å². The first-order valence-corrected chi connectivity index (χ1v) is 2.57. The molecule has 0 aromatic heterocycles. The summed E-state index contributed by atoms with van der Waals surface area (Å²) >= 11 is 0. The molecule has 0 saturated carbocycles. The van der Waals surface area contributed by atoms with Gasteiger partial charge in [0.25, 0.3) is 0 Å². The van der Waals surface area contributed by atoms with Crippen LogP contribution in [0.3, 0.4) is 0 Å². The highest BCUT2D eigenvalue weighted by Crippen LogP contribution is 1.95. The molecule has 8 heavy (non-hydrogen) atoms. The van der Waals surface area contributed by atoms with E-state index in [4.69, 9.17) is 4.84 Å². The van der Waals surface area contributed by atoms with Gasteiger partial charge in [-0.25, -0.2) is 0 Å². The molecule has 0 aromatic carbocycles. The largest absolute Gasteiger partial charge is 0.277 e. The van der Waals surface area contributed by atoms with Gasteiger partial charge >= 0.3 is 0 Å². The molecule has 1 aliphatic rings. The van der Waals surface area contributed by atoms with Crippen LogP contribution in [0.25, 0.3) is 0 Å². The Labute approximate surface area is 49.0 Å². The van der Waals surface area contributed by atoms with Crippen LogP contribution in [0.4, 0.5) is 0 Å². The summed E-state index contributed by atoms with van der Waals surface area (Å²) in [5, 5.41) is 1.75. The molecule has 0 atom stereocenters. The van der Waals surface area contributed by atoms with Crippen molar-refractivity contribution in [2.75, 3.05) is 13.7 Å². The summed E-state index contributed by atoms with van der Waals surface area (Å²) in [6.45, 7) is 0.854. The lowest BCUT2D eigenvalue weighted by Crippen LogP contribution is -2.16. The summed E-state index contributed by atoms with van der Waals surface area (Å²) in [5.41, 5.74) is 0. The van der Waals surface area contributed by atoms with Crippen molar-refractivity contribution in [2.24, 2.45) is 0 Å². The summed E-state index contributed by atoms with van der Waals surface area (Å²) in [6, 6.07) is 0. The molecule has 2 heteroatoms. The number of allylic oxidation sites excluding steroid dienone is 2. The van der Waals surface area contributed by atoms with E-state index in [-0.39, 0.29) is 0 Å². The number of nitrogens with zero attached hydrogens (tertiary/aromatic N) is 1. The van der Waals surface area contributed by atoms with E-state index >= 15 is 0 Å². The Morgan fingerprint density at radius 2 is 2.38 bits per heavy atom. The van der Waals surface area contributed by atoms with Gasteiger partial charge < -0.3 is 0 Å². The smallest absolute Gasteiger partial charge is 0.0638 e. The van der Waals surface area contributed by atoms with Crippen LogP contribution in [-0.2, 0) is 4.84 Å². The monoisotopic (exact) mass is 111 g/mol.